The summed E-state index contributed by atoms with van der Waals surface area (Å²) in [4.78, 5) is 26.7. The lowest BCUT2D eigenvalue weighted by molar-refractivity contribution is -0.387. The first-order chi connectivity index (χ1) is 13.1. The van der Waals surface area contributed by atoms with Crippen molar-refractivity contribution in [2.75, 3.05) is 0 Å². The van der Waals surface area contributed by atoms with Gasteiger partial charge < -0.3 is 5.32 Å². The highest BCUT2D eigenvalue weighted by molar-refractivity contribution is 8.26. The van der Waals surface area contributed by atoms with E-state index in [0.717, 1.165) is 35.7 Å². The Labute approximate surface area is 169 Å². The molecule has 3 rings (SSSR count). The molecule has 144 valence electrons. The Bertz CT molecular complexity index is 1010. The summed E-state index contributed by atoms with van der Waals surface area (Å²) in [6.45, 7) is 0. The van der Waals surface area contributed by atoms with Gasteiger partial charge in [-0.15, -0.1) is 0 Å². The van der Waals surface area contributed by atoms with Gasteiger partial charge in [-0.2, -0.15) is 13.2 Å². The van der Waals surface area contributed by atoms with Gasteiger partial charge >= 0.3 is 6.18 Å². The number of thiocarbonyl (C=S) groups is 1. The number of nitro groups is 1. The fourth-order valence-electron chi connectivity index (χ4n) is 2.15. The molecule has 1 fully saturated rings. The zero-order valence-electron chi connectivity index (χ0n) is 13.5. The van der Waals surface area contributed by atoms with Gasteiger partial charge in [-0.3, -0.25) is 14.9 Å². The summed E-state index contributed by atoms with van der Waals surface area (Å²) in [5, 5.41) is 14.0. The Kier molecular flexibility index (Phi) is 5.72. The Morgan fingerprint density at radius 2 is 2.04 bits per heavy atom. The minimum atomic E-state index is -4.51. The van der Waals surface area contributed by atoms with Crippen LogP contribution in [0.3, 0.4) is 0 Å². The number of nitrogens with one attached hydrogen (secondary N) is 1. The van der Waals surface area contributed by atoms with Crippen molar-refractivity contribution < 1.29 is 22.9 Å². The average molecular weight is 443 g/mol. The zero-order valence-corrected chi connectivity index (χ0v) is 16.0. The molecule has 1 aromatic heterocycles. The van der Waals surface area contributed by atoms with E-state index in [-0.39, 0.29) is 21.5 Å². The van der Waals surface area contributed by atoms with Crippen LogP contribution in [0.4, 0.5) is 18.9 Å². The van der Waals surface area contributed by atoms with Gasteiger partial charge in [-0.05, 0) is 29.8 Å². The Morgan fingerprint density at radius 3 is 2.57 bits per heavy atom. The van der Waals surface area contributed by atoms with Crippen LogP contribution in [0.15, 0.2) is 51.4 Å². The summed E-state index contributed by atoms with van der Waals surface area (Å²) in [6, 6.07) is 6.28. The van der Waals surface area contributed by atoms with E-state index < -0.39 is 16.7 Å². The number of alkyl halides is 3. The number of thioether (sulfide) groups is 1. The molecule has 1 N–H and O–H groups in total. The van der Waals surface area contributed by atoms with E-state index in [9.17, 15) is 28.1 Å². The Morgan fingerprint density at radius 1 is 1.29 bits per heavy atom. The molecule has 0 radical (unpaired) electrons. The molecule has 1 amide bonds. The van der Waals surface area contributed by atoms with E-state index >= 15 is 0 Å². The first-order valence-electron chi connectivity index (χ1n) is 7.38. The Hall–Kier alpha value is -2.44. The maximum absolute atomic E-state index is 12.6. The van der Waals surface area contributed by atoms with E-state index in [1.54, 1.807) is 6.07 Å². The monoisotopic (exact) mass is 443 g/mol. The fraction of sp³-hybridized carbons (Fsp3) is 0.0625. The van der Waals surface area contributed by atoms with Gasteiger partial charge in [0, 0.05) is 12.3 Å². The zero-order chi connectivity index (χ0) is 20.5. The molecule has 1 saturated heterocycles. The highest BCUT2D eigenvalue weighted by Gasteiger charge is 2.30. The van der Waals surface area contributed by atoms with E-state index in [4.69, 9.17) is 12.2 Å². The van der Waals surface area contributed by atoms with Gasteiger partial charge in [0.25, 0.3) is 11.6 Å². The minimum Gasteiger partial charge on any atom is -0.307 e. The van der Waals surface area contributed by atoms with Crippen molar-refractivity contribution in [3.8, 4) is 0 Å². The van der Waals surface area contributed by atoms with E-state index in [0.29, 0.717) is 21.0 Å². The largest absolute Gasteiger partial charge is 0.417 e. The first kappa shape index (κ1) is 20.3. The fourth-order valence-corrected chi connectivity index (χ4v) is 4.03. The number of carbonyl (C=O) groups is 1. The molecule has 12 heteroatoms. The second-order valence-electron chi connectivity index (χ2n) is 5.32. The smallest absolute Gasteiger partial charge is 0.307 e. The molecule has 0 spiro atoms. The van der Waals surface area contributed by atoms with Crippen molar-refractivity contribution >= 4 is 57.7 Å². The molecule has 2 aromatic rings. The topological polar surface area (TPSA) is 85.1 Å². The summed E-state index contributed by atoms with van der Waals surface area (Å²) in [5.74, 6) is -0.384. The predicted molar refractivity (Wildman–Crippen MR) is 103 cm³/mol. The highest BCUT2D eigenvalue weighted by Crippen LogP contribution is 2.37. The summed E-state index contributed by atoms with van der Waals surface area (Å²) in [5.41, 5.74) is -0.746. The molecular weight excluding hydrogens is 435 g/mol. The minimum absolute atomic E-state index is 0.179. The second-order valence-corrected chi connectivity index (χ2v) is 8.10. The molecule has 0 aliphatic carbocycles. The Balaban J connectivity index is 1.88. The lowest BCUT2D eigenvalue weighted by atomic mass is 10.2. The normalized spacial score (nSPS) is 15.8. The molecule has 1 aliphatic heterocycles. The molecule has 0 atom stereocenters. The number of hydrogen-bond acceptors (Lipinski definition) is 7. The third-order valence-corrected chi connectivity index (χ3v) is 5.58. The van der Waals surface area contributed by atoms with Gasteiger partial charge in [0.05, 0.1) is 20.3 Å². The van der Waals surface area contributed by atoms with Gasteiger partial charge in [-0.25, -0.2) is 4.98 Å². The van der Waals surface area contributed by atoms with Crippen molar-refractivity contribution in [2.24, 2.45) is 0 Å². The van der Waals surface area contributed by atoms with Crippen LogP contribution in [0.2, 0.25) is 0 Å². The van der Waals surface area contributed by atoms with Gasteiger partial charge in [0.2, 0.25) is 0 Å². The summed E-state index contributed by atoms with van der Waals surface area (Å²) in [7, 11) is 0. The number of amides is 1. The number of rotatable bonds is 4. The second kappa shape index (κ2) is 7.89. The van der Waals surface area contributed by atoms with Crippen LogP contribution in [-0.2, 0) is 11.0 Å². The molecule has 6 nitrogen and oxygen atoms in total. The summed E-state index contributed by atoms with van der Waals surface area (Å²) < 4.78 is 38.1. The summed E-state index contributed by atoms with van der Waals surface area (Å²) in [6.07, 6.45) is -2.37. The molecule has 0 saturated carbocycles. The number of nitro benzene ring substituents is 1. The van der Waals surface area contributed by atoms with Gasteiger partial charge in [0.1, 0.15) is 9.35 Å². The van der Waals surface area contributed by atoms with Crippen molar-refractivity contribution in [3.63, 3.8) is 0 Å². The van der Waals surface area contributed by atoms with E-state index in [1.165, 1.54) is 18.2 Å². The SMILES string of the molecule is O=C1NC(=S)S/C1=C\c1ccc(Sc2ccc(C(F)(F)F)cn2)c([N+](=O)[O-])c1. The number of carbonyl (C=O) groups excluding carboxylic acids is 1. The van der Waals surface area contributed by atoms with Crippen LogP contribution in [0.5, 0.6) is 0 Å². The standard InChI is InChI=1S/C16H8F3N3O3S3/c17-16(18,19)9-2-4-13(20-7-9)27-11-3-1-8(5-10(11)22(24)25)6-12-14(23)21-15(26)28-12/h1-7H,(H,21,23,26)/b12-6-. The third kappa shape index (κ3) is 4.69. The lowest BCUT2D eigenvalue weighted by Crippen LogP contribution is -2.17. The predicted octanol–water partition coefficient (Wildman–Crippen LogP) is 4.65. The first-order valence-corrected chi connectivity index (χ1v) is 9.42. The number of nitrogens with zero attached hydrogens (tertiary/aromatic N) is 2. The van der Waals surface area contributed by atoms with Crippen LogP contribution < -0.4 is 5.32 Å². The number of aromatic nitrogens is 1. The number of benzene rings is 1. The van der Waals surface area contributed by atoms with Gasteiger partial charge in [0.15, 0.2) is 0 Å². The maximum atomic E-state index is 12.6. The van der Waals surface area contributed by atoms with Crippen molar-refractivity contribution in [1.82, 2.24) is 10.3 Å². The lowest BCUT2D eigenvalue weighted by Gasteiger charge is -2.07. The highest BCUT2D eigenvalue weighted by atomic mass is 32.2. The maximum Gasteiger partial charge on any atom is 0.417 e. The van der Waals surface area contributed by atoms with Crippen molar-refractivity contribution in [3.05, 3.63) is 62.7 Å². The number of hydrogen-bond donors (Lipinski definition) is 1. The van der Waals surface area contributed by atoms with Crippen LogP contribution in [0.25, 0.3) is 6.08 Å². The van der Waals surface area contributed by atoms with Gasteiger partial charge in [-0.1, -0.05) is 41.8 Å². The van der Waals surface area contributed by atoms with E-state index in [2.05, 4.69) is 10.3 Å². The summed E-state index contributed by atoms with van der Waals surface area (Å²) >= 11 is 6.80. The molecular formula is C16H8F3N3O3S3. The van der Waals surface area contributed by atoms with Crippen molar-refractivity contribution in [2.45, 2.75) is 16.1 Å². The van der Waals surface area contributed by atoms with Crippen LogP contribution in [-0.4, -0.2) is 20.1 Å². The molecule has 2 heterocycles. The number of halogens is 3. The van der Waals surface area contributed by atoms with Crippen LogP contribution >= 0.6 is 35.7 Å². The molecule has 0 unspecified atom stereocenters. The van der Waals surface area contributed by atoms with Crippen molar-refractivity contribution in [1.29, 1.82) is 0 Å². The number of pyridine rings is 1. The van der Waals surface area contributed by atoms with Crippen LogP contribution in [0.1, 0.15) is 11.1 Å². The quantitative estimate of drug-likeness (QED) is 0.319. The van der Waals surface area contributed by atoms with E-state index in [1.807, 2.05) is 0 Å². The molecule has 28 heavy (non-hydrogen) atoms. The van der Waals surface area contributed by atoms with Crippen LogP contribution in [0, 0.1) is 10.1 Å². The molecule has 1 aromatic carbocycles. The third-order valence-electron chi connectivity index (χ3n) is 3.40. The average Bonchev–Trinajstić information content (AvgIpc) is 2.93. The molecule has 0 bridgehead atoms. The molecule has 1 aliphatic rings.